The number of nitrogens with one attached hydrogen (secondary N) is 1. The maximum absolute atomic E-state index is 13.3. The molecule has 0 heterocycles. The second-order valence-electron chi connectivity index (χ2n) is 2.96. The molecule has 0 aromatic rings. The first kappa shape index (κ1) is 11.8. The van der Waals surface area contributed by atoms with Crippen LogP contribution in [0.3, 0.4) is 0 Å². The molecule has 0 rings (SSSR count). The lowest BCUT2D eigenvalue weighted by Gasteiger charge is -2.25. The Balaban J connectivity index is 4.43. The van der Waals surface area contributed by atoms with Crippen LogP contribution in [0.5, 0.6) is 0 Å². The lowest BCUT2D eigenvalue weighted by Crippen LogP contribution is -2.46. The lowest BCUT2D eigenvalue weighted by atomic mass is 10.00. The molecule has 2 N–H and O–H groups in total. The molecule has 12 heavy (non-hydrogen) atoms. The predicted octanol–water partition coefficient (Wildman–Crippen LogP) is 1.11. The van der Waals surface area contributed by atoms with Gasteiger partial charge in [0.25, 0.3) is 0 Å². The van der Waals surface area contributed by atoms with Crippen LogP contribution in [-0.4, -0.2) is 18.8 Å². The van der Waals surface area contributed by atoms with Gasteiger partial charge in [0.2, 0.25) is 0 Å². The molecule has 2 unspecified atom stereocenters. The van der Waals surface area contributed by atoms with E-state index in [-0.39, 0.29) is 0 Å². The summed E-state index contributed by atoms with van der Waals surface area (Å²) < 4.78 is 43.7. The Kier molecular flexibility index (Phi) is 3.61. The maximum atomic E-state index is 13.3. The molecule has 0 aromatic heterocycles. The van der Waals surface area contributed by atoms with E-state index in [0.29, 0.717) is 6.42 Å². The highest BCUT2D eigenvalue weighted by Gasteiger charge is 2.33. The zero-order valence-electron chi connectivity index (χ0n) is 7.33. The van der Waals surface area contributed by atoms with Gasteiger partial charge < -0.3 is 0 Å². The van der Waals surface area contributed by atoms with Crippen molar-refractivity contribution in [1.29, 1.82) is 0 Å². The van der Waals surface area contributed by atoms with Gasteiger partial charge in [-0.2, -0.15) is 13.1 Å². The summed E-state index contributed by atoms with van der Waals surface area (Å²) in [6, 6.07) is 0. The van der Waals surface area contributed by atoms with Crippen LogP contribution in [0.15, 0.2) is 0 Å². The van der Waals surface area contributed by atoms with Gasteiger partial charge in [-0.15, -0.1) is 0 Å². The summed E-state index contributed by atoms with van der Waals surface area (Å²) in [5, 5.41) is 0. The van der Waals surface area contributed by atoms with E-state index in [1.807, 2.05) is 0 Å². The molecule has 0 saturated carbocycles. The fraction of sp³-hybridized carbons (Fsp3) is 1.00. The Hall–Kier alpha value is -0.200. The Labute approximate surface area is 72.0 Å². The molecule has 0 spiro atoms. The van der Waals surface area contributed by atoms with Crippen LogP contribution >= 0.6 is 0 Å². The summed E-state index contributed by atoms with van der Waals surface area (Å²) in [6.45, 7) is 4.36. The van der Waals surface area contributed by atoms with Crippen LogP contribution in [0.4, 0.5) is 4.39 Å². The van der Waals surface area contributed by atoms with Crippen molar-refractivity contribution >= 4 is 10.3 Å². The van der Waals surface area contributed by atoms with E-state index in [2.05, 4.69) is 0 Å². The largest absolute Gasteiger partial charge is 0.335 e. The second-order valence-corrected chi connectivity index (χ2v) is 4.12. The monoisotopic (exact) mass is 199 g/mol. The molecule has 0 aliphatic heterocycles. The van der Waals surface area contributed by atoms with Crippen molar-refractivity contribution in [2.75, 3.05) is 0 Å². The molecule has 74 valence electrons. The smallest absolute Gasteiger partial charge is 0.273 e. The number of rotatable bonds is 4. The number of hydrogen-bond donors (Lipinski definition) is 2. The maximum Gasteiger partial charge on any atom is 0.335 e. The summed E-state index contributed by atoms with van der Waals surface area (Å²) in [6.07, 6.45) is 0.482. The zero-order chi connectivity index (χ0) is 9.99. The van der Waals surface area contributed by atoms with Crippen LogP contribution in [0.1, 0.15) is 27.2 Å². The first-order chi connectivity index (χ1) is 5.19. The van der Waals surface area contributed by atoms with Gasteiger partial charge in [-0.1, -0.05) is 13.8 Å². The summed E-state index contributed by atoms with van der Waals surface area (Å²) >= 11 is 0. The molecule has 0 aliphatic rings. The van der Waals surface area contributed by atoms with Gasteiger partial charge in [0, 0.05) is 5.92 Å². The van der Waals surface area contributed by atoms with E-state index in [1.165, 1.54) is 4.72 Å². The standard InChI is InChI=1S/C6H14FNO3S/c1-4-5(2)6(3,7)8-12(9,10)11/h5,8H,4H2,1-3H3,(H,9,10,11). The predicted molar refractivity (Wildman–Crippen MR) is 43.7 cm³/mol. The van der Waals surface area contributed by atoms with E-state index in [9.17, 15) is 12.8 Å². The molecule has 0 amide bonds. The van der Waals surface area contributed by atoms with E-state index in [0.717, 1.165) is 6.92 Å². The second kappa shape index (κ2) is 3.68. The van der Waals surface area contributed by atoms with Crippen LogP contribution in [0.25, 0.3) is 0 Å². The van der Waals surface area contributed by atoms with E-state index < -0.39 is 22.0 Å². The average molecular weight is 199 g/mol. The van der Waals surface area contributed by atoms with Crippen molar-refractivity contribution < 1.29 is 17.4 Å². The third-order valence-corrected chi connectivity index (χ3v) is 2.52. The average Bonchev–Trinajstić information content (AvgIpc) is 1.80. The van der Waals surface area contributed by atoms with Crippen LogP contribution in [0, 0.1) is 5.92 Å². The van der Waals surface area contributed by atoms with E-state index >= 15 is 0 Å². The van der Waals surface area contributed by atoms with Gasteiger partial charge in [-0.3, -0.25) is 4.55 Å². The van der Waals surface area contributed by atoms with Gasteiger partial charge in [0.1, 0.15) is 0 Å². The first-order valence-corrected chi connectivity index (χ1v) is 5.08. The third kappa shape index (κ3) is 3.99. The van der Waals surface area contributed by atoms with Crippen molar-refractivity contribution in [3.8, 4) is 0 Å². The lowest BCUT2D eigenvalue weighted by molar-refractivity contribution is 0.0935. The molecule has 0 fully saturated rings. The zero-order valence-corrected chi connectivity index (χ0v) is 8.15. The highest BCUT2D eigenvalue weighted by atomic mass is 32.2. The van der Waals surface area contributed by atoms with Crippen molar-refractivity contribution in [3.05, 3.63) is 0 Å². The molecule has 0 aromatic carbocycles. The Morgan fingerprint density at radius 1 is 1.67 bits per heavy atom. The van der Waals surface area contributed by atoms with E-state index in [1.54, 1.807) is 13.8 Å². The van der Waals surface area contributed by atoms with Gasteiger partial charge in [0.05, 0.1) is 0 Å². The quantitative estimate of drug-likeness (QED) is 0.526. The fourth-order valence-corrected chi connectivity index (χ4v) is 1.44. The topological polar surface area (TPSA) is 66.4 Å². The van der Waals surface area contributed by atoms with Gasteiger partial charge in [-0.05, 0) is 13.3 Å². The summed E-state index contributed by atoms with van der Waals surface area (Å²) in [7, 11) is -4.46. The molecule has 2 atom stereocenters. The summed E-state index contributed by atoms with van der Waals surface area (Å²) in [4.78, 5) is 0. The minimum atomic E-state index is -4.46. The molecule has 6 heteroatoms. The minimum absolute atomic E-state index is 0.482. The van der Waals surface area contributed by atoms with Gasteiger partial charge in [-0.25, -0.2) is 4.39 Å². The number of alkyl halides is 1. The third-order valence-electron chi connectivity index (χ3n) is 1.87. The normalized spacial score (nSPS) is 20.1. The molecule has 0 aliphatic carbocycles. The molecule has 0 radical (unpaired) electrons. The van der Waals surface area contributed by atoms with E-state index in [4.69, 9.17) is 4.55 Å². The molecular formula is C6H14FNO3S. The number of hydrogen-bond acceptors (Lipinski definition) is 2. The summed E-state index contributed by atoms with van der Waals surface area (Å²) in [5.41, 5.74) is 0. The highest BCUT2D eigenvalue weighted by molar-refractivity contribution is 7.83. The van der Waals surface area contributed by atoms with Crippen molar-refractivity contribution in [3.63, 3.8) is 0 Å². The van der Waals surface area contributed by atoms with Crippen LogP contribution in [-0.2, 0) is 10.3 Å². The molecular weight excluding hydrogens is 185 g/mol. The number of halogens is 1. The van der Waals surface area contributed by atoms with Crippen molar-refractivity contribution in [2.24, 2.45) is 5.92 Å². The summed E-state index contributed by atoms with van der Waals surface area (Å²) in [5.74, 6) is -2.58. The van der Waals surface area contributed by atoms with Crippen LogP contribution in [0.2, 0.25) is 0 Å². The van der Waals surface area contributed by atoms with Gasteiger partial charge in [0.15, 0.2) is 5.79 Å². The molecule has 0 bridgehead atoms. The molecule has 4 nitrogen and oxygen atoms in total. The first-order valence-electron chi connectivity index (χ1n) is 3.64. The Bertz CT molecular complexity index is 237. The Morgan fingerprint density at radius 2 is 2.08 bits per heavy atom. The van der Waals surface area contributed by atoms with Gasteiger partial charge >= 0.3 is 10.3 Å². The van der Waals surface area contributed by atoms with Crippen LogP contribution < -0.4 is 4.72 Å². The minimum Gasteiger partial charge on any atom is -0.273 e. The SMILES string of the molecule is CCC(C)C(C)(F)NS(=O)(=O)O. The highest BCUT2D eigenvalue weighted by Crippen LogP contribution is 2.21. The fourth-order valence-electron chi connectivity index (χ4n) is 0.736. The van der Waals surface area contributed by atoms with Crippen molar-refractivity contribution in [1.82, 2.24) is 4.72 Å². The Morgan fingerprint density at radius 3 is 2.33 bits per heavy atom. The van der Waals surface area contributed by atoms with Crippen molar-refractivity contribution in [2.45, 2.75) is 33.0 Å². The molecule has 0 saturated heterocycles.